The van der Waals surface area contributed by atoms with Crippen LogP contribution < -0.4 is 11.3 Å². The summed E-state index contributed by atoms with van der Waals surface area (Å²) in [5.74, 6) is 6.34. The fourth-order valence-corrected chi connectivity index (χ4v) is 2.22. The number of thioether (sulfide) groups is 1. The third-order valence-electron chi connectivity index (χ3n) is 2.42. The molecule has 0 fully saturated rings. The fourth-order valence-electron chi connectivity index (χ4n) is 1.43. The van der Waals surface area contributed by atoms with Crippen LogP contribution in [0.4, 0.5) is 19.0 Å². The lowest BCUT2D eigenvalue weighted by Crippen LogP contribution is -2.08. The van der Waals surface area contributed by atoms with Gasteiger partial charge in [0.1, 0.15) is 5.82 Å². The van der Waals surface area contributed by atoms with Crippen LogP contribution in [0.2, 0.25) is 0 Å². The van der Waals surface area contributed by atoms with Gasteiger partial charge in [-0.05, 0) is 29.8 Å². The highest BCUT2D eigenvalue weighted by Gasteiger charge is 2.30. The van der Waals surface area contributed by atoms with E-state index in [2.05, 4.69) is 15.4 Å². The summed E-state index contributed by atoms with van der Waals surface area (Å²) in [7, 11) is 0. The number of nitrogens with one attached hydrogen (secondary N) is 1. The molecule has 0 aliphatic carbocycles. The van der Waals surface area contributed by atoms with Gasteiger partial charge in [-0.2, -0.15) is 13.2 Å². The molecule has 8 heteroatoms. The second kappa shape index (κ2) is 6.10. The van der Waals surface area contributed by atoms with E-state index in [0.717, 1.165) is 17.8 Å². The van der Waals surface area contributed by atoms with E-state index >= 15 is 0 Å². The summed E-state index contributed by atoms with van der Waals surface area (Å²) >= 11 is 1.34. The Hall–Kier alpha value is -1.80. The molecule has 20 heavy (non-hydrogen) atoms. The molecule has 3 N–H and O–H groups in total. The van der Waals surface area contributed by atoms with Crippen LogP contribution in [0.5, 0.6) is 0 Å². The molecule has 2 aromatic rings. The van der Waals surface area contributed by atoms with E-state index in [0.29, 0.717) is 16.6 Å². The monoisotopic (exact) mass is 300 g/mol. The topological polar surface area (TPSA) is 63.8 Å². The number of rotatable bonds is 4. The maximum Gasteiger partial charge on any atom is 0.417 e. The van der Waals surface area contributed by atoms with Crippen molar-refractivity contribution in [3.8, 4) is 0 Å². The molecule has 2 heterocycles. The number of aromatic nitrogens is 2. The number of anilines is 1. The number of hydrogen-bond acceptors (Lipinski definition) is 5. The molecule has 0 aromatic carbocycles. The minimum Gasteiger partial charge on any atom is -0.308 e. The second-order valence-electron chi connectivity index (χ2n) is 3.87. The van der Waals surface area contributed by atoms with Crippen LogP contribution in [0.15, 0.2) is 41.7 Å². The van der Waals surface area contributed by atoms with Gasteiger partial charge in [0.15, 0.2) is 0 Å². The van der Waals surface area contributed by atoms with E-state index < -0.39 is 11.7 Å². The van der Waals surface area contributed by atoms with Crippen molar-refractivity contribution >= 4 is 17.6 Å². The summed E-state index contributed by atoms with van der Waals surface area (Å²) in [6.07, 6.45) is -1.92. The van der Waals surface area contributed by atoms with Gasteiger partial charge in [-0.1, -0.05) is 0 Å². The van der Waals surface area contributed by atoms with Crippen LogP contribution in [-0.2, 0) is 11.9 Å². The summed E-state index contributed by atoms with van der Waals surface area (Å²) in [5, 5.41) is 0.525. The van der Waals surface area contributed by atoms with Gasteiger partial charge >= 0.3 is 6.18 Å². The van der Waals surface area contributed by atoms with Crippen molar-refractivity contribution in [1.82, 2.24) is 9.97 Å². The molecule has 0 bridgehead atoms. The molecule has 0 aliphatic rings. The lowest BCUT2D eigenvalue weighted by molar-refractivity contribution is -0.137. The first-order chi connectivity index (χ1) is 9.49. The quantitative estimate of drug-likeness (QED) is 0.516. The highest BCUT2D eigenvalue weighted by Crippen LogP contribution is 2.30. The van der Waals surface area contributed by atoms with Gasteiger partial charge < -0.3 is 5.43 Å². The van der Waals surface area contributed by atoms with Crippen molar-refractivity contribution in [2.75, 3.05) is 5.43 Å². The number of hydrazine groups is 1. The van der Waals surface area contributed by atoms with E-state index in [9.17, 15) is 13.2 Å². The number of hydrogen-bond donors (Lipinski definition) is 2. The van der Waals surface area contributed by atoms with Crippen LogP contribution in [0.25, 0.3) is 0 Å². The zero-order valence-corrected chi connectivity index (χ0v) is 11.0. The Kier molecular flexibility index (Phi) is 4.46. The van der Waals surface area contributed by atoms with Crippen LogP contribution in [0.1, 0.15) is 11.1 Å². The van der Waals surface area contributed by atoms with E-state index in [1.807, 2.05) is 0 Å². The van der Waals surface area contributed by atoms with Crippen LogP contribution in [0, 0.1) is 0 Å². The predicted molar refractivity (Wildman–Crippen MR) is 70.8 cm³/mol. The van der Waals surface area contributed by atoms with Crippen molar-refractivity contribution in [2.24, 2.45) is 5.84 Å². The number of nitrogen functional groups attached to an aromatic ring is 1. The Balaban J connectivity index is 2.00. The summed E-state index contributed by atoms with van der Waals surface area (Å²) in [5.41, 5.74) is 2.62. The molecule has 0 saturated carbocycles. The SMILES string of the molecule is NNc1cc(CSc2ccc(C(F)(F)F)cn2)ccn1. The Morgan fingerprint density at radius 3 is 2.60 bits per heavy atom. The van der Waals surface area contributed by atoms with Crippen LogP contribution >= 0.6 is 11.8 Å². The first kappa shape index (κ1) is 14.6. The molecule has 106 valence electrons. The van der Waals surface area contributed by atoms with Gasteiger partial charge in [0, 0.05) is 18.1 Å². The fraction of sp³-hybridized carbons (Fsp3) is 0.167. The van der Waals surface area contributed by atoms with Gasteiger partial charge in [-0.15, -0.1) is 11.8 Å². The normalized spacial score (nSPS) is 11.4. The van der Waals surface area contributed by atoms with Crippen molar-refractivity contribution in [1.29, 1.82) is 0 Å². The lowest BCUT2D eigenvalue weighted by atomic mass is 10.3. The van der Waals surface area contributed by atoms with E-state index in [4.69, 9.17) is 5.84 Å². The Morgan fingerprint density at radius 2 is 2.00 bits per heavy atom. The highest BCUT2D eigenvalue weighted by molar-refractivity contribution is 7.98. The smallest absolute Gasteiger partial charge is 0.308 e. The zero-order valence-electron chi connectivity index (χ0n) is 10.2. The maximum atomic E-state index is 12.4. The predicted octanol–water partition coefficient (Wildman–Crippen LogP) is 3.07. The molecule has 0 spiro atoms. The van der Waals surface area contributed by atoms with E-state index in [-0.39, 0.29) is 0 Å². The van der Waals surface area contributed by atoms with Crippen molar-refractivity contribution in [3.05, 3.63) is 47.8 Å². The molecule has 0 unspecified atom stereocenters. The van der Waals surface area contributed by atoms with E-state index in [1.54, 1.807) is 18.3 Å². The molecule has 4 nitrogen and oxygen atoms in total. The number of pyridine rings is 2. The average molecular weight is 300 g/mol. The maximum absolute atomic E-state index is 12.4. The lowest BCUT2D eigenvalue weighted by Gasteiger charge is -2.07. The molecule has 0 amide bonds. The Bertz CT molecular complexity index is 572. The minimum absolute atomic E-state index is 0.525. The molecule has 2 aromatic heterocycles. The summed E-state index contributed by atoms with van der Waals surface area (Å²) < 4.78 is 37.1. The molecule has 0 aliphatic heterocycles. The van der Waals surface area contributed by atoms with E-state index in [1.165, 1.54) is 17.8 Å². The van der Waals surface area contributed by atoms with Crippen molar-refractivity contribution < 1.29 is 13.2 Å². The van der Waals surface area contributed by atoms with Crippen molar-refractivity contribution in [2.45, 2.75) is 17.0 Å². The van der Waals surface area contributed by atoms with Gasteiger partial charge in [-0.25, -0.2) is 15.8 Å². The standard InChI is InChI=1S/C12H11F3N4S/c13-12(14,15)9-1-2-11(18-6-9)20-7-8-3-4-17-10(5-8)19-16/h1-6H,7,16H2,(H,17,19). The van der Waals surface area contributed by atoms with Gasteiger partial charge in [0.25, 0.3) is 0 Å². The molecular formula is C12H11F3N4S. The largest absolute Gasteiger partial charge is 0.417 e. The molecular weight excluding hydrogens is 289 g/mol. The third-order valence-corrected chi connectivity index (χ3v) is 3.44. The minimum atomic E-state index is -4.36. The van der Waals surface area contributed by atoms with Gasteiger partial charge in [0.05, 0.1) is 10.6 Å². The number of nitrogens with two attached hydrogens (primary N) is 1. The second-order valence-corrected chi connectivity index (χ2v) is 4.86. The summed E-state index contributed by atoms with van der Waals surface area (Å²) in [4.78, 5) is 7.76. The first-order valence-corrected chi connectivity index (χ1v) is 6.55. The molecule has 2 rings (SSSR count). The molecule has 0 radical (unpaired) electrons. The molecule has 0 atom stereocenters. The van der Waals surface area contributed by atoms with Crippen LogP contribution in [0.3, 0.4) is 0 Å². The average Bonchev–Trinajstić information content (AvgIpc) is 2.45. The van der Waals surface area contributed by atoms with Crippen molar-refractivity contribution in [3.63, 3.8) is 0 Å². The number of nitrogens with zero attached hydrogens (tertiary/aromatic N) is 2. The highest BCUT2D eigenvalue weighted by atomic mass is 32.2. The molecule has 0 saturated heterocycles. The summed E-state index contributed by atoms with van der Waals surface area (Å²) in [6.45, 7) is 0. The third kappa shape index (κ3) is 3.84. The first-order valence-electron chi connectivity index (χ1n) is 5.56. The van der Waals surface area contributed by atoms with Gasteiger partial charge in [0.2, 0.25) is 0 Å². The Labute approximate surface area is 117 Å². The van der Waals surface area contributed by atoms with Gasteiger partial charge in [-0.3, -0.25) is 0 Å². The summed E-state index contributed by atoms with van der Waals surface area (Å²) in [6, 6.07) is 5.94. The van der Waals surface area contributed by atoms with Crippen LogP contribution in [-0.4, -0.2) is 9.97 Å². The number of halogens is 3. The number of alkyl halides is 3. The Morgan fingerprint density at radius 1 is 1.20 bits per heavy atom. The zero-order chi connectivity index (χ0) is 14.6.